The van der Waals surface area contributed by atoms with Crippen LogP contribution in [0, 0.1) is 0 Å². The molecule has 0 bridgehead atoms. The molecule has 2 atom stereocenters. The molecule has 1 aliphatic heterocycles. The molecule has 0 N–H and O–H groups in total. The van der Waals surface area contributed by atoms with Crippen molar-refractivity contribution in [2.45, 2.75) is 55.9 Å². The Bertz CT molecular complexity index is 2520. The third-order valence-corrected chi connectivity index (χ3v) is 13.5. The lowest BCUT2D eigenvalue weighted by Gasteiger charge is -2.50. The minimum absolute atomic E-state index is 0.0261. The Labute approximate surface area is 306 Å². The van der Waals surface area contributed by atoms with Crippen molar-refractivity contribution in [1.82, 2.24) is 4.98 Å². The van der Waals surface area contributed by atoms with Gasteiger partial charge in [0.2, 0.25) is 0 Å². The van der Waals surface area contributed by atoms with Crippen molar-refractivity contribution in [1.29, 1.82) is 0 Å². The predicted molar refractivity (Wildman–Crippen MR) is 214 cm³/mol. The molecule has 250 valence electrons. The second-order valence-corrected chi connectivity index (χ2v) is 15.8. The number of nitrogens with zero attached hydrogens (tertiary/aromatic N) is 2. The van der Waals surface area contributed by atoms with Crippen LogP contribution in [0.5, 0.6) is 0 Å². The van der Waals surface area contributed by atoms with E-state index in [0.29, 0.717) is 0 Å². The Kier molecular flexibility index (Phi) is 6.13. The first-order valence-electron chi connectivity index (χ1n) is 18.9. The van der Waals surface area contributed by atoms with Gasteiger partial charge in [0.15, 0.2) is 0 Å². The minimum Gasteiger partial charge on any atom is -0.334 e. The van der Waals surface area contributed by atoms with E-state index in [4.69, 9.17) is 4.98 Å². The summed E-state index contributed by atoms with van der Waals surface area (Å²) in [5.41, 5.74) is 18.9. The number of pyridine rings is 1. The summed E-state index contributed by atoms with van der Waals surface area (Å²) in [6.45, 7) is 5.01. The summed E-state index contributed by atoms with van der Waals surface area (Å²) in [5, 5.41) is 0. The Balaban J connectivity index is 1.05. The monoisotopic (exact) mass is 668 g/mol. The third-order valence-electron chi connectivity index (χ3n) is 13.5. The van der Waals surface area contributed by atoms with E-state index in [1.165, 1.54) is 92.7 Å². The molecular formula is C50H40N2. The topological polar surface area (TPSA) is 16.1 Å². The highest BCUT2D eigenvalue weighted by atomic mass is 15.3. The fourth-order valence-electron chi connectivity index (χ4n) is 10.9. The fourth-order valence-corrected chi connectivity index (χ4v) is 10.9. The molecule has 2 nitrogen and oxygen atoms in total. The summed E-state index contributed by atoms with van der Waals surface area (Å²) < 4.78 is 0. The first-order chi connectivity index (χ1) is 25.5. The van der Waals surface area contributed by atoms with E-state index in [1.807, 2.05) is 0 Å². The number of hydrogen-bond donors (Lipinski definition) is 0. The molecule has 0 radical (unpaired) electrons. The van der Waals surface area contributed by atoms with Gasteiger partial charge in [0.1, 0.15) is 0 Å². The van der Waals surface area contributed by atoms with Crippen LogP contribution >= 0.6 is 0 Å². The lowest BCUT2D eigenvalue weighted by atomic mass is 9.61. The highest BCUT2D eigenvalue weighted by Gasteiger charge is 2.57. The molecule has 4 aliphatic rings. The SMILES string of the molecule is CC12CCCCC1(C)N(c1ccccc1)c1ccc(-c3cccc(-c4ccc5c(c4)C4(c6ccccc6-c6ccccc64)c4ccccc4-5)n3)cc12. The van der Waals surface area contributed by atoms with Crippen LogP contribution in [0.1, 0.15) is 67.3 Å². The Morgan fingerprint density at radius 3 is 1.62 bits per heavy atom. The molecule has 1 spiro atoms. The smallest absolute Gasteiger partial charge is 0.0725 e. The summed E-state index contributed by atoms with van der Waals surface area (Å²) in [4.78, 5) is 8.07. The largest absolute Gasteiger partial charge is 0.334 e. The van der Waals surface area contributed by atoms with E-state index >= 15 is 0 Å². The molecule has 7 aromatic rings. The van der Waals surface area contributed by atoms with Crippen LogP contribution in [0.2, 0.25) is 0 Å². The number of benzene rings is 6. The molecule has 2 heteroatoms. The van der Waals surface area contributed by atoms with Crippen LogP contribution < -0.4 is 4.90 Å². The van der Waals surface area contributed by atoms with Crippen LogP contribution in [-0.4, -0.2) is 10.5 Å². The average Bonchev–Trinajstić information content (AvgIpc) is 3.75. The molecule has 2 heterocycles. The van der Waals surface area contributed by atoms with Crippen molar-refractivity contribution in [2.24, 2.45) is 0 Å². The third kappa shape index (κ3) is 3.72. The van der Waals surface area contributed by atoms with Gasteiger partial charge in [0.05, 0.1) is 22.3 Å². The van der Waals surface area contributed by atoms with Crippen molar-refractivity contribution in [3.05, 3.63) is 186 Å². The molecule has 1 saturated carbocycles. The van der Waals surface area contributed by atoms with Crippen LogP contribution in [0.25, 0.3) is 44.8 Å². The van der Waals surface area contributed by atoms with E-state index in [1.54, 1.807) is 0 Å². The predicted octanol–water partition coefficient (Wildman–Crippen LogP) is 12.5. The highest BCUT2D eigenvalue weighted by Crippen LogP contribution is 2.64. The van der Waals surface area contributed by atoms with E-state index in [9.17, 15) is 0 Å². The van der Waals surface area contributed by atoms with Gasteiger partial charge >= 0.3 is 0 Å². The molecular weight excluding hydrogens is 629 g/mol. The summed E-state index contributed by atoms with van der Waals surface area (Å²) in [6, 6.07) is 58.8. The first-order valence-corrected chi connectivity index (χ1v) is 18.9. The van der Waals surface area contributed by atoms with Gasteiger partial charge in [-0.1, -0.05) is 135 Å². The Hall–Kier alpha value is -5.73. The summed E-state index contributed by atoms with van der Waals surface area (Å²) in [6.07, 6.45) is 4.92. The van der Waals surface area contributed by atoms with Crippen LogP contribution in [-0.2, 0) is 10.8 Å². The van der Waals surface area contributed by atoms with Gasteiger partial charge in [0.25, 0.3) is 0 Å². The zero-order chi connectivity index (χ0) is 34.7. The van der Waals surface area contributed by atoms with E-state index in [0.717, 1.165) is 17.0 Å². The fraction of sp³-hybridized carbons (Fsp3) is 0.180. The van der Waals surface area contributed by atoms with Crippen LogP contribution in [0.15, 0.2) is 158 Å². The second kappa shape index (κ2) is 10.7. The summed E-state index contributed by atoms with van der Waals surface area (Å²) >= 11 is 0. The van der Waals surface area contributed by atoms with Crippen LogP contribution in [0.3, 0.4) is 0 Å². The summed E-state index contributed by atoms with van der Waals surface area (Å²) in [7, 11) is 0. The standard InChI is InChI=1S/C50H40N2/c1-48-29-12-13-30-49(48,2)52(35-15-4-3-5-16-35)47-28-26-34(32-44(47)48)46-24-14-23-45(51-46)33-25-27-39-38-19-8-11-22-42(38)50(43(39)31-33)40-20-9-6-17-36(40)37-18-7-10-21-41(37)50/h3-11,14-28,31-32H,12-13,29-30H2,1-2H3. The molecule has 2 unspecified atom stereocenters. The molecule has 0 amide bonds. The molecule has 11 rings (SSSR count). The number of aromatic nitrogens is 1. The van der Waals surface area contributed by atoms with Gasteiger partial charge in [-0.25, -0.2) is 4.98 Å². The minimum atomic E-state index is -0.362. The zero-order valence-electron chi connectivity index (χ0n) is 29.7. The lowest BCUT2D eigenvalue weighted by Crippen LogP contribution is -2.54. The maximum Gasteiger partial charge on any atom is 0.0725 e. The quantitative estimate of drug-likeness (QED) is 0.186. The lowest BCUT2D eigenvalue weighted by molar-refractivity contribution is 0.195. The van der Waals surface area contributed by atoms with Gasteiger partial charge < -0.3 is 4.90 Å². The van der Waals surface area contributed by atoms with Crippen molar-refractivity contribution in [3.63, 3.8) is 0 Å². The molecule has 0 saturated heterocycles. The van der Waals surface area contributed by atoms with Crippen molar-refractivity contribution < 1.29 is 0 Å². The summed E-state index contributed by atoms with van der Waals surface area (Å²) in [5.74, 6) is 0. The molecule has 52 heavy (non-hydrogen) atoms. The van der Waals surface area contributed by atoms with E-state index < -0.39 is 0 Å². The zero-order valence-corrected chi connectivity index (χ0v) is 29.7. The second-order valence-electron chi connectivity index (χ2n) is 15.8. The number of anilines is 2. The molecule has 6 aromatic carbocycles. The molecule has 1 fully saturated rings. The number of rotatable bonds is 3. The number of fused-ring (bicyclic) bond motifs is 13. The van der Waals surface area contributed by atoms with Crippen molar-refractivity contribution >= 4 is 11.4 Å². The van der Waals surface area contributed by atoms with Gasteiger partial charge in [-0.3, -0.25) is 0 Å². The molecule has 1 aromatic heterocycles. The first kappa shape index (κ1) is 29.9. The average molecular weight is 669 g/mol. The van der Waals surface area contributed by atoms with Gasteiger partial charge in [-0.15, -0.1) is 0 Å². The maximum atomic E-state index is 5.42. The highest BCUT2D eigenvalue weighted by molar-refractivity contribution is 5.96. The normalized spacial score (nSPS) is 21.2. The van der Waals surface area contributed by atoms with Crippen molar-refractivity contribution in [3.8, 4) is 44.8 Å². The Morgan fingerprint density at radius 1 is 0.462 bits per heavy atom. The van der Waals surface area contributed by atoms with E-state index in [-0.39, 0.29) is 16.4 Å². The van der Waals surface area contributed by atoms with Crippen LogP contribution in [0.4, 0.5) is 11.4 Å². The Morgan fingerprint density at radius 2 is 0.981 bits per heavy atom. The number of para-hydroxylation sites is 1. The maximum absolute atomic E-state index is 5.42. The van der Waals surface area contributed by atoms with Gasteiger partial charge in [-0.05, 0) is 112 Å². The van der Waals surface area contributed by atoms with Gasteiger partial charge in [0, 0.05) is 27.9 Å². The molecule has 3 aliphatic carbocycles. The number of hydrogen-bond acceptors (Lipinski definition) is 2. The van der Waals surface area contributed by atoms with E-state index in [2.05, 4.69) is 176 Å². The van der Waals surface area contributed by atoms with Crippen molar-refractivity contribution in [2.75, 3.05) is 4.90 Å². The van der Waals surface area contributed by atoms with Gasteiger partial charge in [-0.2, -0.15) is 0 Å².